The van der Waals surface area contributed by atoms with Gasteiger partial charge in [0.25, 0.3) is 0 Å². The number of β-amino-alcohol motifs (C(OH)–C–C–N with tert-alkyl or cyclic N) is 1. The number of aromatic hydroxyl groups is 1. The summed E-state index contributed by atoms with van der Waals surface area (Å²) < 4.78 is 13.4. The predicted octanol–water partition coefficient (Wildman–Crippen LogP) is 5.30. The highest BCUT2D eigenvalue weighted by atomic mass is 32.1. The normalized spacial score (nSPS) is 17.0. The van der Waals surface area contributed by atoms with E-state index in [1.54, 1.807) is 65.5 Å². The molecule has 2 aromatic carbocycles. The second-order valence-corrected chi connectivity index (χ2v) is 15.3. The molecule has 0 unspecified atom stereocenters. The van der Waals surface area contributed by atoms with Gasteiger partial charge in [-0.1, -0.05) is 48.5 Å². The zero-order valence-corrected chi connectivity index (χ0v) is 32.9. The van der Waals surface area contributed by atoms with Crippen LogP contribution in [-0.4, -0.2) is 89.0 Å². The van der Waals surface area contributed by atoms with Gasteiger partial charge in [0.1, 0.15) is 23.5 Å². The molecule has 0 aliphatic carbocycles. The average molecular weight is 792 g/mol. The summed E-state index contributed by atoms with van der Waals surface area (Å²) in [6.07, 6.45) is 2.75. The third-order valence-electron chi connectivity index (χ3n) is 10.2. The Bertz CT molecular complexity index is 2340. The molecule has 5 heterocycles. The number of hydrogen-bond acceptors (Lipinski definition) is 13. The molecule has 7 rings (SSSR count). The Balaban J connectivity index is 0.983. The summed E-state index contributed by atoms with van der Waals surface area (Å²) in [6, 6.07) is 17.1. The number of rotatable bonds is 14. The summed E-state index contributed by atoms with van der Waals surface area (Å²) >= 11 is 1.58. The van der Waals surface area contributed by atoms with Crippen LogP contribution in [0.2, 0.25) is 0 Å². The topological polar surface area (TPSA) is 208 Å². The molecule has 1 fully saturated rings. The van der Waals surface area contributed by atoms with Crippen LogP contribution in [0.15, 0.2) is 83.1 Å². The van der Waals surface area contributed by atoms with Gasteiger partial charge in [-0.15, -0.1) is 21.5 Å². The van der Waals surface area contributed by atoms with Crippen molar-refractivity contribution in [3.63, 3.8) is 0 Å². The number of carbonyl (C=O) groups excluding carboxylic acids is 2. The van der Waals surface area contributed by atoms with Crippen LogP contribution in [0.4, 0.5) is 5.82 Å². The highest BCUT2D eigenvalue weighted by Crippen LogP contribution is 2.34. The number of amides is 2. The zero-order chi connectivity index (χ0) is 40.2. The molecule has 1 aliphatic heterocycles. The Morgan fingerprint density at radius 1 is 1.07 bits per heavy atom. The highest BCUT2D eigenvalue weighted by molar-refractivity contribution is 7.13. The number of nitrogen functional groups attached to an aromatic ring is 1. The van der Waals surface area contributed by atoms with Crippen LogP contribution in [0, 0.1) is 19.8 Å². The van der Waals surface area contributed by atoms with E-state index < -0.39 is 18.1 Å². The van der Waals surface area contributed by atoms with Crippen LogP contribution in [0.3, 0.4) is 0 Å². The maximum Gasteiger partial charge on any atom is 0.243 e. The van der Waals surface area contributed by atoms with Crippen LogP contribution in [0.5, 0.6) is 5.75 Å². The molecule has 1 aliphatic rings. The fraction of sp³-hybridized carbons (Fsp3) is 0.341. The van der Waals surface area contributed by atoms with E-state index in [9.17, 15) is 19.8 Å². The molecule has 296 valence electrons. The van der Waals surface area contributed by atoms with Gasteiger partial charge in [-0.2, -0.15) is 5.10 Å². The molecule has 16 heteroatoms. The number of likely N-dealkylation sites (tertiary alicyclic amines) is 1. The molecule has 0 spiro atoms. The lowest BCUT2D eigenvalue weighted by molar-refractivity contribution is -0.141. The second-order valence-electron chi connectivity index (χ2n) is 14.5. The number of ether oxygens (including phenoxy) is 1. The molecule has 6 aromatic rings. The van der Waals surface area contributed by atoms with Gasteiger partial charge in [-0.25, -0.2) is 4.98 Å². The van der Waals surface area contributed by atoms with E-state index in [-0.39, 0.29) is 61.5 Å². The summed E-state index contributed by atoms with van der Waals surface area (Å²) in [5.74, 6) is -1.21. The van der Waals surface area contributed by atoms with Crippen LogP contribution in [0.1, 0.15) is 54.9 Å². The number of nitrogens with one attached hydrogen (secondary N) is 1. The van der Waals surface area contributed by atoms with Gasteiger partial charge in [0.2, 0.25) is 11.8 Å². The summed E-state index contributed by atoms with van der Waals surface area (Å²) in [5, 5.41) is 40.8. The maximum atomic E-state index is 14.4. The second kappa shape index (κ2) is 17.0. The van der Waals surface area contributed by atoms with Crippen molar-refractivity contribution in [3.8, 4) is 38.6 Å². The van der Waals surface area contributed by atoms with Crippen molar-refractivity contribution in [2.45, 2.75) is 64.8 Å². The summed E-state index contributed by atoms with van der Waals surface area (Å²) in [5.41, 5.74) is 13.9. The number of nitrogens with two attached hydrogens (primary N) is 1. The van der Waals surface area contributed by atoms with Crippen molar-refractivity contribution in [3.05, 3.63) is 101 Å². The smallest absolute Gasteiger partial charge is 0.243 e. The third-order valence-corrected chi connectivity index (χ3v) is 11.2. The van der Waals surface area contributed by atoms with Crippen molar-refractivity contribution in [2.24, 2.45) is 5.92 Å². The monoisotopic (exact) mass is 791 g/mol. The Morgan fingerprint density at radius 2 is 1.86 bits per heavy atom. The minimum Gasteiger partial charge on any atom is -0.507 e. The van der Waals surface area contributed by atoms with Crippen molar-refractivity contribution in [1.82, 2.24) is 40.3 Å². The maximum absolute atomic E-state index is 14.4. The number of nitrogens with zero attached hydrogens (tertiary/aromatic N) is 7. The van der Waals surface area contributed by atoms with E-state index in [1.807, 2.05) is 56.7 Å². The molecule has 2 amide bonds. The van der Waals surface area contributed by atoms with E-state index in [0.29, 0.717) is 34.8 Å². The lowest BCUT2D eigenvalue weighted by atomic mass is 9.90. The van der Waals surface area contributed by atoms with Crippen LogP contribution in [-0.2, 0) is 20.9 Å². The first-order valence-electron chi connectivity index (χ1n) is 18.7. The number of aliphatic hydroxyl groups excluding tert-OH is 1. The third kappa shape index (κ3) is 8.72. The van der Waals surface area contributed by atoms with Gasteiger partial charge >= 0.3 is 0 Å². The summed E-state index contributed by atoms with van der Waals surface area (Å²) in [6.45, 7) is 8.42. The number of anilines is 1. The number of phenolic OH excluding ortho intramolecular Hbond substituents is 1. The van der Waals surface area contributed by atoms with Crippen LogP contribution in [0.25, 0.3) is 32.8 Å². The number of aryl methyl sites for hydroxylation is 2. The van der Waals surface area contributed by atoms with Crippen molar-refractivity contribution < 1.29 is 29.1 Å². The van der Waals surface area contributed by atoms with E-state index in [0.717, 1.165) is 27.3 Å². The zero-order valence-electron chi connectivity index (χ0n) is 32.1. The number of carbonyl (C=O) groups is 2. The Hall–Kier alpha value is -5.97. The number of thiazole rings is 1. The number of benzene rings is 2. The summed E-state index contributed by atoms with van der Waals surface area (Å²) in [7, 11) is 0. The van der Waals surface area contributed by atoms with Crippen LogP contribution >= 0.6 is 11.3 Å². The largest absolute Gasteiger partial charge is 0.507 e. The van der Waals surface area contributed by atoms with Gasteiger partial charge in [0.05, 0.1) is 65.6 Å². The first-order chi connectivity index (χ1) is 27.5. The molecule has 4 aromatic heterocycles. The highest BCUT2D eigenvalue weighted by Gasteiger charge is 2.44. The van der Waals surface area contributed by atoms with Gasteiger partial charge < -0.3 is 35.4 Å². The molecule has 15 nitrogen and oxygen atoms in total. The Kier molecular flexibility index (Phi) is 11.7. The first kappa shape index (κ1) is 39.3. The lowest BCUT2D eigenvalue weighted by Gasteiger charge is -2.30. The predicted molar refractivity (Wildman–Crippen MR) is 214 cm³/mol. The fourth-order valence-electron chi connectivity index (χ4n) is 7.16. The number of aliphatic hydroxyl groups is 1. The number of aromatic nitrogens is 6. The molecule has 0 radical (unpaired) electrons. The van der Waals surface area contributed by atoms with Gasteiger partial charge in [0.15, 0.2) is 5.82 Å². The first-order valence-corrected chi connectivity index (χ1v) is 19.6. The molecular weight excluding hydrogens is 747 g/mol. The van der Waals surface area contributed by atoms with E-state index in [4.69, 9.17) is 15.0 Å². The SMILES string of the molecule is Cc1cc([C@@H](C(=O)N2C[C@H](O)C[C@H]2C(=O)N[C@@H](C)c2ccc(-c3scnc3C)cc2)[C@H](C)COCCn2cc(-c3cc(-c4ccccc4O)nnc3N)cn2)on1. The lowest BCUT2D eigenvalue weighted by Crippen LogP contribution is -2.48. The van der Waals surface area contributed by atoms with Crippen molar-refractivity contribution in [1.29, 1.82) is 0 Å². The Morgan fingerprint density at radius 3 is 2.58 bits per heavy atom. The molecule has 57 heavy (non-hydrogen) atoms. The van der Waals surface area contributed by atoms with E-state index in [1.165, 1.54) is 4.90 Å². The van der Waals surface area contributed by atoms with Crippen LogP contribution < -0.4 is 11.1 Å². The fourth-order valence-corrected chi connectivity index (χ4v) is 7.97. The Labute approximate surface area is 333 Å². The number of para-hydroxylation sites is 1. The molecule has 0 saturated carbocycles. The molecule has 0 bridgehead atoms. The van der Waals surface area contributed by atoms with Gasteiger partial charge in [0, 0.05) is 41.9 Å². The van der Waals surface area contributed by atoms with Gasteiger partial charge in [-0.3, -0.25) is 14.3 Å². The van der Waals surface area contributed by atoms with E-state index in [2.05, 4.69) is 30.8 Å². The molecule has 5 N–H and O–H groups in total. The number of hydrogen-bond donors (Lipinski definition) is 4. The van der Waals surface area contributed by atoms with Gasteiger partial charge in [-0.05, 0) is 56.0 Å². The molecular formula is C41H45N9O6S. The average Bonchev–Trinajstić information content (AvgIpc) is 4.02. The molecule has 5 atom stereocenters. The standard InChI is InChI=1S/C41H45N9O6S/c1-23(21-55-14-13-49-19-29(18-44-49)32-17-33(46-47-39(32)42)31-7-5-6-8-35(31)52)37(36-15-24(2)48-56-36)41(54)50-20-30(51)16-34(50)40(53)45-25(3)27-9-11-28(12-10-27)38-26(4)43-22-57-38/h5-12,15,17-19,22-23,25,30,34,37,51-52H,13-14,16,20-21H2,1-4H3,(H2,42,47)(H,45,53)/t23-,25+,30-,34+,37+/m1/s1. The van der Waals surface area contributed by atoms with E-state index >= 15 is 0 Å². The summed E-state index contributed by atoms with van der Waals surface area (Å²) in [4.78, 5) is 35.0. The minimum absolute atomic E-state index is 0.0124. The minimum atomic E-state index is -0.873. The molecule has 1 saturated heterocycles. The van der Waals surface area contributed by atoms with Crippen molar-refractivity contribution in [2.75, 3.05) is 25.5 Å². The van der Waals surface area contributed by atoms with Crippen molar-refractivity contribution >= 4 is 29.0 Å². The quantitative estimate of drug-likeness (QED) is 0.104. The number of phenols is 1.